The van der Waals surface area contributed by atoms with E-state index in [1.165, 1.54) is 0 Å². The molecule has 0 spiro atoms. The smallest absolute Gasteiger partial charge is 0.270 e. The van der Waals surface area contributed by atoms with Crippen molar-refractivity contribution in [2.75, 3.05) is 13.1 Å². The van der Waals surface area contributed by atoms with Gasteiger partial charge < -0.3 is 14.6 Å². The minimum atomic E-state index is -0.341. The molecule has 0 saturated carbocycles. The highest BCUT2D eigenvalue weighted by molar-refractivity contribution is 9.10. The third-order valence-corrected chi connectivity index (χ3v) is 5.41. The van der Waals surface area contributed by atoms with Gasteiger partial charge in [0, 0.05) is 34.8 Å². The van der Waals surface area contributed by atoms with Crippen molar-refractivity contribution in [2.24, 2.45) is 0 Å². The molecule has 5 nitrogen and oxygen atoms in total. The van der Waals surface area contributed by atoms with Crippen molar-refractivity contribution in [3.8, 4) is 11.3 Å². The summed E-state index contributed by atoms with van der Waals surface area (Å²) < 4.78 is 6.91. The summed E-state index contributed by atoms with van der Waals surface area (Å²) in [6.45, 7) is 6.83. The molecule has 3 aromatic rings. The van der Waals surface area contributed by atoms with Crippen LogP contribution in [0.15, 0.2) is 75.3 Å². The van der Waals surface area contributed by atoms with Crippen LogP contribution in [-0.2, 0) is 4.79 Å². The van der Waals surface area contributed by atoms with Crippen LogP contribution in [0.4, 0.5) is 0 Å². The average molecular weight is 481 g/mol. The van der Waals surface area contributed by atoms with Crippen LogP contribution in [0.5, 0.6) is 0 Å². The fraction of sp³-hybridized carbons (Fsp3) is 0.200. The summed E-state index contributed by atoms with van der Waals surface area (Å²) in [6.07, 6.45) is 1.58. The summed E-state index contributed by atoms with van der Waals surface area (Å²) >= 11 is 3.42. The van der Waals surface area contributed by atoms with Crippen LogP contribution >= 0.6 is 15.9 Å². The Morgan fingerprint density at radius 1 is 0.968 bits per heavy atom. The molecule has 2 aromatic carbocycles. The standard InChI is InChI=1S/C25H25BrN2O3/c1-4-28(5-2)25(30)22(27-24(29)19-8-6-17(3)7-9-19)16-21-14-15-23(31-21)18-10-12-20(26)13-11-18/h6-16H,4-5H2,1-3H3,(H,27,29). The number of hydrogen-bond acceptors (Lipinski definition) is 3. The Balaban J connectivity index is 1.91. The largest absolute Gasteiger partial charge is 0.457 e. The molecule has 1 N–H and O–H groups in total. The summed E-state index contributed by atoms with van der Waals surface area (Å²) in [6, 6.07) is 18.6. The third kappa shape index (κ3) is 5.73. The van der Waals surface area contributed by atoms with Gasteiger partial charge in [-0.1, -0.05) is 45.8 Å². The molecule has 0 fully saturated rings. The predicted molar refractivity (Wildman–Crippen MR) is 126 cm³/mol. The summed E-state index contributed by atoms with van der Waals surface area (Å²) in [5.74, 6) is 0.564. The van der Waals surface area contributed by atoms with Crippen molar-refractivity contribution in [2.45, 2.75) is 20.8 Å². The van der Waals surface area contributed by atoms with E-state index in [4.69, 9.17) is 4.42 Å². The fourth-order valence-corrected chi connectivity index (χ4v) is 3.34. The van der Waals surface area contributed by atoms with Crippen molar-refractivity contribution >= 4 is 33.8 Å². The molecule has 0 atom stereocenters. The molecule has 0 aliphatic carbocycles. The van der Waals surface area contributed by atoms with Gasteiger partial charge in [-0.05, 0) is 57.2 Å². The molecule has 0 aliphatic rings. The molecule has 1 heterocycles. The minimum absolute atomic E-state index is 0.172. The van der Waals surface area contributed by atoms with E-state index < -0.39 is 0 Å². The first-order chi connectivity index (χ1) is 14.9. The molecule has 31 heavy (non-hydrogen) atoms. The van der Waals surface area contributed by atoms with Crippen LogP contribution < -0.4 is 5.32 Å². The second kappa shape index (κ2) is 10.3. The molecule has 0 aliphatic heterocycles. The van der Waals surface area contributed by atoms with Crippen molar-refractivity contribution in [1.82, 2.24) is 10.2 Å². The van der Waals surface area contributed by atoms with Crippen LogP contribution in [0.2, 0.25) is 0 Å². The number of furan rings is 1. The summed E-state index contributed by atoms with van der Waals surface area (Å²) in [7, 11) is 0. The number of aryl methyl sites for hydroxylation is 1. The maximum absolute atomic E-state index is 13.0. The molecular weight excluding hydrogens is 456 g/mol. The van der Waals surface area contributed by atoms with Gasteiger partial charge in [0.1, 0.15) is 17.2 Å². The summed E-state index contributed by atoms with van der Waals surface area (Å²) in [5.41, 5.74) is 2.63. The molecule has 0 saturated heterocycles. The fourth-order valence-electron chi connectivity index (χ4n) is 3.07. The zero-order valence-electron chi connectivity index (χ0n) is 17.8. The number of benzene rings is 2. The lowest BCUT2D eigenvalue weighted by Gasteiger charge is -2.20. The molecule has 3 rings (SSSR count). The van der Waals surface area contributed by atoms with Gasteiger partial charge in [-0.3, -0.25) is 9.59 Å². The van der Waals surface area contributed by atoms with E-state index in [9.17, 15) is 9.59 Å². The Morgan fingerprint density at radius 3 is 2.23 bits per heavy atom. The summed E-state index contributed by atoms with van der Waals surface area (Å²) in [4.78, 5) is 27.5. The molecule has 0 bridgehead atoms. The highest BCUT2D eigenvalue weighted by Gasteiger charge is 2.19. The lowest BCUT2D eigenvalue weighted by atomic mass is 10.1. The molecule has 160 valence electrons. The number of nitrogens with one attached hydrogen (secondary N) is 1. The van der Waals surface area contributed by atoms with E-state index in [-0.39, 0.29) is 17.5 Å². The van der Waals surface area contributed by atoms with Crippen LogP contribution in [0, 0.1) is 6.92 Å². The number of halogens is 1. The van der Waals surface area contributed by atoms with Crippen molar-refractivity contribution in [3.05, 3.63) is 87.7 Å². The number of amides is 2. The van der Waals surface area contributed by atoms with E-state index in [1.54, 1.807) is 29.2 Å². The van der Waals surface area contributed by atoms with Gasteiger partial charge in [-0.2, -0.15) is 0 Å². The summed E-state index contributed by atoms with van der Waals surface area (Å²) in [5, 5.41) is 2.77. The molecule has 6 heteroatoms. The van der Waals surface area contributed by atoms with E-state index in [2.05, 4.69) is 21.2 Å². The quantitative estimate of drug-likeness (QED) is 0.443. The van der Waals surface area contributed by atoms with Crippen LogP contribution in [-0.4, -0.2) is 29.8 Å². The molecule has 2 amide bonds. The van der Waals surface area contributed by atoms with Crippen LogP contribution in [0.25, 0.3) is 17.4 Å². The maximum Gasteiger partial charge on any atom is 0.270 e. The first-order valence-corrected chi connectivity index (χ1v) is 10.9. The van der Waals surface area contributed by atoms with Crippen LogP contribution in [0.1, 0.15) is 35.5 Å². The Hall–Kier alpha value is -3.12. The Labute approximate surface area is 190 Å². The molecule has 0 unspecified atom stereocenters. The number of rotatable bonds is 7. The Kier molecular flexibility index (Phi) is 7.47. The number of nitrogens with zero attached hydrogens (tertiary/aromatic N) is 1. The second-order valence-electron chi connectivity index (χ2n) is 7.06. The van der Waals surface area contributed by atoms with Gasteiger partial charge >= 0.3 is 0 Å². The number of hydrogen-bond donors (Lipinski definition) is 1. The third-order valence-electron chi connectivity index (χ3n) is 4.89. The molecule has 1 aromatic heterocycles. The lowest BCUT2D eigenvalue weighted by molar-refractivity contribution is -0.127. The zero-order valence-corrected chi connectivity index (χ0v) is 19.4. The van der Waals surface area contributed by atoms with Crippen molar-refractivity contribution in [1.29, 1.82) is 0 Å². The molecule has 0 radical (unpaired) electrons. The van der Waals surface area contributed by atoms with Gasteiger partial charge in [0.15, 0.2) is 0 Å². The number of carbonyl (C=O) groups excluding carboxylic acids is 2. The van der Waals surface area contributed by atoms with Gasteiger partial charge in [0.25, 0.3) is 11.8 Å². The Morgan fingerprint density at radius 2 is 1.61 bits per heavy atom. The highest BCUT2D eigenvalue weighted by Crippen LogP contribution is 2.25. The monoisotopic (exact) mass is 480 g/mol. The van der Waals surface area contributed by atoms with Gasteiger partial charge in [0.2, 0.25) is 0 Å². The molecular formula is C25H25BrN2O3. The average Bonchev–Trinajstić information content (AvgIpc) is 3.23. The SMILES string of the molecule is CCN(CC)C(=O)C(=Cc1ccc(-c2ccc(Br)cc2)o1)NC(=O)c1ccc(C)cc1. The maximum atomic E-state index is 13.0. The van der Waals surface area contributed by atoms with Crippen molar-refractivity contribution in [3.63, 3.8) is 0 Å². The lowest BCUT2D eigenvalue weighted by Crippen LogP contribution is -2.38. The first-order valence-electron chi connectivity index (χ1n) is 10.2. The predicted octanol–water partition coefficient (Wildman–Crippen LogP) is 5.66. The van der Waals surface area contributed by atoms with E-state index in [0.29, 0.717) is 30.2 Å². The van der Waals surface area contributed by atoms with Gasteiger partial charge in [0.05, 0.1) is 0 Å². The minimum Gasteiger partial charge on any atom is -0.457 e. The van der Waals surface area contributed by atoms with Crippen molar-refractivity contribution < 1.29 is 14.0 Å². The number of carbonyl (C=O) groups is 2. The zero-order chi connectivity index (χ0) is 22.4. The second-order valence-corrected chi connectivity index (χ2v) is 7.98. The van der Waals surface area contributed by atoms with E-state index in [0.717, 1.165) is 15.6 Å². The van der Waals surface area contributed by atoms with Gasteiger partial charge in [-0.15, -0.1) is 0 Å². The Bertz CT molecular complexity index is 1080. The van der Waals surface area contributed by atoms with E-state index in [1.807, 2.05) is 63.2 Å². The normalized spacial score (nSPS) is 11.3. The van der Waals surface area contributed by atoms with E-state index >= 15 is 0 Å². The highest BCUT2D eigenvalue weighted by atomic mass is 79.9. The number of likely N-dealkylation sites (N-methyl/N-ethyl adjacent to an activating group) is 1. The topological polar surface area (TPSA) is 62.6 Å². The van der Waals surface area contributed by atoms with Gasteiger partial charge in [-0.25, -0.2) is 0 Å². The first kappa shape index (κ1) is 22.6. The van der Waals surface area contributed by atoms with Crippen LogP contribution in [0.3, 0.4) is 0 Å².